The van der Waals surface area contributed by atoms with Gasteiger partial charge in [0.15, 0.2) is 0 Å². The van der Waals surface area contributed by atoms with Gasteiger partial charge in [-0.05, 0) is 46.2 Å². The molecule has 0 aromatic carbocycles. The Bertz CT molecular complexity index is 385. The highest BCUT2D eigenvalue weighted by Crippen LogP contribution is 2.14. The lowest BCUT2D eigenvalue weighted by Crippen LogP contribution is -2.18. The molecule has 0 saturated carbocycles. The molecule has 1 aliphatic rings. The molecular formula is C13H23N5. The van der Waals surface area contributed by atoms with Gasteiger partial charge in [0.1, 0.15) is 17.5 Å². The summed E-state index contributed by atoms with van der Waals surface area (Å²) >= 11 is 0. The van der Waals surface area contributed by atoms with Gasteiger partial charge in [-0.1, -0.05) is 0 Å². The smallest absolute Gasteiger partial charge is 0.131 e. The second kappa shape index (κ2) is 6.00. The molecule has 1 aromatic rings. The van der Waals surface area contributed by atoms with Crippen LogP contribution in [0.1, 0.15) is 26.1 Å². The van der Waals surface area contributed by atoms with Crippen molar-refractivity contribution in [3.8, 4) is 0 Å². The normalized spacial score (nSPS) is 19.2. The molecule has 1 unspecified atom stereocenters. The lowest BCUT2D eigenvalue weighted by Gasteiger charge is -2.14. The van der Waals surface area contributed by atoms with E-state index in [1.54, 1.807) is 0 Å². The van der Waals surface area contributed by atoms with Crippen LogP contribution in [0.3, 0.4) is 0 Å². The van der Waals surface area contributed by atoms with Gasteiger partial charge in [-0.2, -0.15) is 0 Å². The summed E-state index contributed by atoms with van der Waals surface area (Å²) in [5.41, 5.74) is 0. The lowest BCUT2D eigenvalue weighted by atomic mass is 10.1. The van der Waals surface area contributed by atoms with E-state index in [2.05, 4.69) is 39.8 Å². The van der Waals surface area contributed by atoms with E-state index in [4.69, 9.17) is 0 Å². The molecular weight excluding hydrogens is 226 g/mol. The van der Waals surface area contributed by atoms with Crippen LogP contribution in [-0.2, 0) is 0 Å². The van der Waals surface area contributed by atoms with Gasteiger partial charge in [0.25, 0.3) is 0 Å². The number of hydrogen-bond acceptors (Lipinski definition) is 5. The van der Waals surface area contributed by atoms with Gasteiger partial charge >= 0.3 is 0 Å². The Balaban J connectivity index is 1.96. The zero-order valence-corrected chi connectivity index (χ0v) is 11.5. The minimum atomic E-state index is 0.381. The van der Waals surface area contributed by atoms with Gasteiger partial charge in [-0.3, -0.25) is 0 Å². The summed E-state index contributed by atoms with van der Waals surface area (Å²) in [5, 5.41) is 10.1. The van der Waals surface area contributed by atoms with Gasteiger partial charge in [-0.15, -0.1) is 0 Å². The molecule has 1 fully saturated rings. The molecule has 1 aliphatic heterocycles. The summed E-state index contributed by atoms with van der Waals surface area (Å²) in [5.74, 6) is 3.32. The number of anilines is 2. The first-order valence-electron chi connectivity index (χ1n) is 6.70. The maximum Gasteiger partial charge on any atom is 0.131 e. The van der Waals surface area contributed by atoms with Crippen LogP contribution in [0.25, 0.3) is 0 Å². The van der Waals surface area contributed by atoms with Crippen molar-refractivity contribution >= 4 is 11.6 Å². The predicted molar refractivity (Wildman–Crippen MR) is 75.0 cm³/mol. The SMILES string of the molecule is Cc1nc(NCC2CCNC2)cc(NC(C)C)n1. The Morgan fingerprint density at radius 1 is 1.39 bits per heavy atom. The molecule has 2 heterocycles. The van der Waals surface area contributed by atoms with E-state index < -0.39 is 0 Å². The zero-order valence-electron chi connectivity index (χ0n) is 11.5. The maximum absolute atomic E-state index is 4.42. The number of aryl methyl sites for hydroxylation is 1. The van der Waals surface area contributed by atoms with Crippen molar-refractivity contribution in [1.82, 2.24) is 15.3 Å². The largest absolute Gasteiger partial charge is 0.370 e. The fourth-order valence-corrected chi connectivity index (χ4v) is 2.17. The van der Waals surface area contributed by atoms with Crippen LogP contribution >= 0.6 is 0 Å². The lowest BCUT2D eigenvalue weighted by molar-refractivity contribution is 0.614. The summed E-state index contributed by atoms with van der Waals surface area (Å²) in [6.45, 7) is 9.35. The number of rotatable bonds is 5. The Kier molecular flexibility index (Phi) is 4.36. The highest BCUT2D eigenvalue weighted by molar-refractivity contribution is 5.47. The molecule has 18 heavy (non-hydrogen) atoms. The van der Waals surface area contributed by atoms with Gasteiger partial charge in [0, 0.05) is 18.7 Å². The first kappa shape index (κ1) is 13.1. The van der Waals surface area contributed by atoms with Crippen LogP contribution in [0.4, 0.5) is 11.6 Å². The van der Waals surface area contributed by atoms with Crippen molar-refractivity contribution in [2.75, 3.05) is 30.3 Å². The second-order valence-corrected chi connectivity index (χ2v) is 5.22. The second-order valence-electron chi connectivity index (χ2n) is 5.22. The van der Waals surface area contributed by atoms with Crippen molar-refractivity contribution in [1.29, 1.82) is 0 Å². The summed E-state index contributed by atoms with van der Waals surface area (Å²) < 4.78 is 0. The van der Waals surface area contributed by atoms with Crippen molar-refractivity contribution in [2.24, 2.45) is 5.92 Å². The van der Waals surface area contributed by atoms with Crippen LogP contribution < -0.4 is 16.0 Å². The Morgan fingerprint density at radius 2 is 2.17 bits per heavy atom. The fraction of sp³-hybridized carbons (Fsp3) is 0.692. The Labute approximate surface area is 109 Å². The van der Waals surface area contributed by atoms with Gasteiger partial charge in [0.2, 0.25) is 0 Å². The molecule has 3 N–H and O–H groups in total. The molecule has 0 radical (unpaired) electrons. The minimum absolute atomic E-state index is 0.381. The topological polar surface area (TPSA) is 61.9 Å². The van der Waals surface area contributed by atoms with Gasteiger partial charge in [-0.25, -0.2) is 9.97 Å². The van der Waals surface area contributed by atoms with E-state index in [0.717, 1.165) is 37.1 Å². The van der Waals surface area contributed by atoms with Gasteiger partial charge < -0.3 is 16.0 Å². The van der Waals surface area contributed by atoms with Crippen LogP contribution in [0, 0.1) is 12.8 Å². The zero-order chi connectivity index (χ0) is 13.0. The van der Waals surface area contributed by atoms with Crippen molar-refractivity contribution < 1.29 is 0 Å². The van der Waals surface area contributed by atoms with Gasteiger partial charge in [0.05, 0.1) is 0 Å². The Hall–Kier alpha value is -1.36. The number of nitrogens with one attached hydrogen (secondary N) is 3. The molecule has 0 bridgehead atoms. The van der Waals surface area contributed by atoms with Crippen LogP contribution in [0.5, 0.6) is 0 Å². The summed E-state index contributed by atoms with van der Waals surface area (Å²) in [7, 11) is 0. The van der Waals surface area contributed by atoms with E-state index in [1.165, 1.54) is 6.42 Å². The maximum atomic E-state index is 4.42. The standard InChI is InChI=1S/C13H23N5/c1-9(2)16-13-6-12(17-10(3)18-13)15-8-11-4-5-14-7-11/h6,9,11,14H,4-5,7-8H2,1-3H3,(H2,15,16,17,18). The fourth-order valence-electron chi connectivity index (χ4n) is 2.17. The van der Waals surface area contributed by atoms with Crippen LogP contribution in [-0.4, -0.2) is 35.6 Å². The van der Waals surface area contributed by atoms with E-state index >= 15 is 0 Å². The van der Waals surface area contributed by atoms with Crippen molar-refractivity contribution in [3.63, 3.8) is 0 Å². The molecule has 1 saturated heterocycles. The molecule has 0 aliphatic carbocycles. The van der Waals surface area contributed by atoms with E-state index in [0.29, 0.717) is 12.0 Å². The predicted octanol–water partition coefficient (Wildman–Crippen LogP) is 1.63. The number of aromatic nitrogens is 2. The highest BCUT2D eigenvalue weighted by Gasteiger charge is 2.14. The average molecular weight is 249 g/mol. The van der Waals surface area contributed by atoms with Crippen LogP contribution in [0.2, 0.25) is 0 Å². The molecule has 1 atom stereocenters. The molecule has 0 spiro atoms. The molecule has 2 rings (SSSR count). The first-order valence-corrected chi connectivity index (χ1v) is 6.70. The van der Waals surface area contributed by atoms with E-state index in [1.807, 2.05) is 13.0 Å². The summed E-state index contributed by atoms with van der Waals surface area (Å²) in [4.78, 5) is 8.80. The molecule has 5 heteroatoms. The minimum Gasteiger partial charge on any atom is -0.370 e. The third-order valence-corrected chi connectivity index (χ3v) is 3.01. The van der Waals surface area contributed by atoms with Crippen molar-refractivity contribution in [3.05, 3.63) is 11.9 Å². The third-order valence-electron chi connectivity index (χ3n) is 3.01. The van der Waals surface area contributed by atoms with Crippen molar-refractivity contribution in [2.45, 2.75) is 33.2 Å². The molecule has 100 valence electrons. The Morgan fingerprint density at radius 3 is 2.83 bits per heavy atom. The number of hydrogen-bond donors (Lipinski definition) is 3. The summed E-state index contributed by atoms with van der Waals surface area (Å²) in [6, 6.07) is 2.36. The average Bonchev–Trinajstić information content (AvgIpc) is 2.77. The van der Waals surface area contributed by atoms with E-state index in [9.17, 15) is 0 Å². The van der Waals surface area contributed by atoms with Crippen LogP contribution in [0.15, 0.2) is 6.07 Å². The monoisotopic (exact) mass is 249 g/mol. The molecule has 5 nitrogen and oxygen atoms in total. The highest BCUT2D eigenvalue weighted by atomic mass is 15.1. The van der Waals surface area contributed by atoms with E-state index in [-0.39, 0.29) is 0 Å². The molecule has 0 amide bonds. The third kappa shape index (κ3) is 3.84. The quantitative estimate of drug-likeness (QED) is 0.740. The summed E-state index contributed by atoms with van der Waals surface area (Å²) in [6.07, 6.45) is 1.24. The number of nitrogens with zero attached hydrogens (tertiary/aromatic N) is 2. The first-order chi connectivity index (χ1) is 8.63. The molecule has 1 aromatic heterocycles.